The highest BCUT2D eigenvalue weighted by Gasteiger charge is 2.20. The number of aliphatic carboxylic acids is 1. The van der Waals surface area contributed by atoms with Gasteiger partial charge in [0.15, 0.2) is 0 Å². The second kappa shape index (κ2) is 8.43. The van der Waals surface area contributed by atoms with E-state index in [9.17, 15) is 19.1 Å². The average Bonchev–Trinajstić information content (AvgIpc) is 2.67. The Labute approximate surface area is 161 Å². The lowest BCUT2D eigenvalue weighted by molar-refractivity contribution is -0.137. The first-order valence-corrected chi connectivity index (χ1v) is 8.75. The number of hydrogen-bond donors (Lipinski definition) is 2. The number of nitrogens with zero attached hydrogens (tertiary/aromatic N) is 1. The van der Waals surface area contributed by atoms with Crippen LogP contribution in [0.3, 0.4) is 0 Å². The van der Waals surface area contributed by atoms with Gasteiger partial charge in [-0.15, -0.1) is 0 Å². The third-order valence-corrected chi connectivity index (χ3v) is 4.26. The zero-order valence-electron chi connectivity index (χ0n) is 15.2. The van der Waals surface area contributed by atoms with Crippen LogP contribution in [0.4, 0.5) is 4.39 Å². The van der Waals surface area contributed by atoms with Crippen molar-refractivity contribution in [2.45, 2.75) is 19.4 Å². The molecule has 2 N–H and O–H groups in total. The van der Waals surface area contributed by atoms with Gasteiger partial charge in [0.2, 0.25) is 0 Å². The Bertz CT molecular complexity index is 1020. The molecule has 0 saturated heterocycles. The maximum atomic E-state index is 14.0. The van der Waals surface area contributed by atoms with E-state index in [1.807, 2.05) is 25.1 Å². The predicted molar refractivity (Wildman–Crippen MR) is 103 cm³/mol. The number of benzene rings is 2. The van der Waals surface area contributed by atoms with Crippen molar-refractivity contribution in [1.29, 1.82) is 0 Å². The van der Waals surface area contributed by atoms with Gasteiger partial charge in [0.1, 0.15) is 11.5 Å². The summed E-state index contributed by atoms with van der Waals surface area (Å²) < 4.78 is 14.0. The number of nitrogens with one attached hydrogen (secondary N) is 1. The van der Waals surface area contributed by atoms with Crippen molar-refractivity contribution in [3.05, 3.63) is 89.4 Å². The van der Waals surface area contributed by atoms with Crippen molar-refractivity contribution in [3.63, 3.8) is 0 Å². The number of aromatic nitrogens is 1. The Morgan fingerprint density at radius 1 is 1.07 bits per heavy atom. The van der Waals surface area contributed by atoms with Crippen molar-refractivity contribution < 1.29 is 19.1 Å². The fourth-order valence-corrected chi connectivity index (χ4v) is 2.93. The van der Waals surface area contributed by atoms with Crippen LogP contribution in [0.5, 0.6) is 0 Å². The largest absolute Gasteiger partial charge is 0.481 e. The van der Waals surface area contributed by atoms with Crippen LogP contribution in [-0.4, -0.2) is 22.0 Å². The topological polar surface area (TPSA) is 79.3 Å². The quantitative estimate of drug-likeness (QED) is 0.676. The molecular weight excluding hydrogens is 359 g/mol. The molecule has 3 aromatic rings. The molecule has 1 amide bonds. The molecule has 2 aromatic carbocycles. The minimum absolute atomic E-state index is 0.0868. The lowest BCUT2D eigenvalue weighted by Gasteiger charge is -2.18. The van der Waals surface area contributed by atoms with Gasteiger partial charge in [0.05, 0.1) is 18.2 Å². The highest BCUT2D eigenvalue weighted by atomic mass is 19.1. The van der Waals surface area contributed by atoms with Crippen LogP contribution in [0, 0.1) is 12.7 Å². The lowest BCUT2D eigenvalue weighted by atomic mass is 10.0. The Morgan fingerprint density at radius 3 is 2.54 bits per heavy atom. The molecule has 0 fully saturated rings. The Morgan fingerprint density at radius 2 is 1.82 bits per heavy atom. The number of amides is 1. The van der Waals surface area contributed by atoms with Crippen LogP contribution >= 0.6 is 0 Å². The normalized spacial score (nSPS) is 11.6. The maximum absolute atomic E-state index is 14.0. The van der Waals surface area contributed by atoms with Crippen LogP contribution in [0.15, 0.2) is 66.7 Å². The zero-order chi connectivity index (χ0) is 20.1. The summed E-state index contributed by atoms with van der Waals surface area (Å²) in [4.78, 5) is 28.2. The van der Waals surface area contributed by atoms with Gasteiger partial charge in [-0.05, 0) is 36.8 Å². The molecule has 0 aliphatic carbocycles. The van der Waals surface area contributed by atoms with Gasteiger partial charge in [-0.2, -0.15) is 0 Å². The van der Waals surface area contributed by atoms with Crippen molar-refractivity contribution in [3.8, 4) is 11.3 Å². The van der Waals surface area contributed by atoms with Gasteiger partial charge in [-0.3, -0.25) is 9.59 Å². The van der Waals surface area contributed by atoms with E-state index in [2.05, 4.69) is 10.3 Å². The van der Waals surface area contributed by atoms with Crippen LogP contribution in [0.1, 0.15) is 34.1 Å². The summed E-state index contributed by atoms with van der Waals surface area (Å²) >= 11 is 0. The van der Waals surface area contributed by atoms with Gasteiger partial charge in [-0.25, -0.2) is 9.37 Å². The smallest absolute Gasteiger partial charge is 0.305 e. The number of pyridine rings is 1. The highest BCUT2D eigenvalue weighted by molar-refractivity contribution is 5.93. The molecule has 0 aliphatic rings. The third-order valence-electron chi connectivity index (χ3n) is 4.26. The molecule has 0 saturated carbocycles. The molecule has 1 heterocycles. The number of carboxylic acid groups (broad SMARTS) is 1. The molecule has 0 radical (unpaired) electrons. The molecule has 0 unspecified atom stereocenters. The van der Waals surface area contributed by atoms with Crippen LogP contribution in [0.2, 0.25) is 0 Å². The maximum Gasteiger partial charge on any atom is 0.305 e. The summed E-state index contributed by atoms with van der Waals surface area (Å²) in [6, 6.07) is 17.5. The lowest BCUT2D eigenvalue weighted by Crippen LogP contribution is -2.31. The van der Waals surface area contributed by atoms with E-state index < -0.39 is 23.7 Å². The standard InChI is InChI=1S/C22H19FN2O3/c1-14-6-4-7-15(12-14)20(13-21(26)27)25-22(28)19-11-5-10-18(24-19)16-8-2-3-9-17(16)23/h2-12,20H,13H2,1H3,(H,25,28)(H,26,27)/t20-/m0/s1. The average molecular weight is 378 g/mol. The summed E-state index contributed by atoms with van der Waals surface area (Å²) in [6.07, 6.45) is -0.262. The number of aryl methyl sites for hydroxylation is 1. The van der Waals surface area contributed by atoms with Gasteiger partial charge in [-0.1, -0.05) is 48.0 Å². The fraction of sp³-hybridized carbons (Fsp3) is 0.136. The van der Waals surface area contributed by atoms with E-state index in [1.54, 1.807) is 36.4 Å². The number of halogens is 1. The Kier molecular flexibility index (Phi) is 5.79. The monoisotopic (exact) mass is 378 g/mol. The molecule has 5 nitrogen and oxygen atoms in total. The highest BCUT2D eigenvalue weighted by Crippen LogP contribution is 2.22. The van der Waals surface area contributed by atoms with Crippen LogP contribution in [-0.2, 0) is 4.79 Å². The number of rotatable bonds is 6. The van der Waals surface area contributed by atoms with Crippen LogP contribution in [0.25, 0.3) is 11.3 Å². The molecule has 0 aliphatic heterocycles. The third kappa shape index (κ3) is 4.59. The van der Waals surface area contributed by atoms with Crippen molar-refractivity contribution in [2.75, 3.05) is 0 Å². The minimum Gasteiger partial charge on any atom is -0.481 e. The summed E-state index contributed by atoms with van der Waals surface area (Å²) in [6.45, 7) is 1.89. The first-order valence-electron chi connectivity index (χ1n) is 8.75. The molecular formula is C22H19FN2O3. The van der Waals surface area contributed by atoms with E-state index in [4.69, 9.17) is 0 Å². The minimum atomic E-state index is -1.03. The first-order chi connectivity index (χ1) is 13.4. The van der Waals surface area contributed by atoms with Gasteiger partial charge in [0.25, 0.3) is 5.91 Å². The number of carbonyl (C=O) groups is 2. The molecule has 0 bridgehead atoms. The van der Waals surface area contributed by atoms with Crippen molar-refractivity contribution >= 4 is 11.9 Å². The molecule has 28 heavy (non-hydrogen) atoms. The van der Waals surface area contributed by atoms with Gasteiger partial charge >= 0.3 is 5.97 Å². The first kappa shape index (κ1) is 19.2. The van der Waals surface area contributed by atoms with Gasteiger partial charge in [0, 0.05) is 5.56 Å². The molecule has 3 rings (SSSR count). The molecule has 1 atom stereocenters. The summed E-state index contributed by atoms with van der Waals surface area (Å²) in [5.41, 5.74) is 2.36. The van der Waals surface area contributed by atoms with Crippen molar-refractivity contribution in [1.82, 2.24) is 10.3 Å². The summed E-state index contributed by atoms with van der Waals surface area (Å²) in [7, 11) is 0. The zero-order valence-corrected chi connectivity index (χ0v) is 15.2. The van der Waals surface area contributed by atoms with E-state index in [1.165, 1.54) is 12.1 Å². The number of carboxylic acids is 1. The SMILES string of the molecule is Cc1cccc([C@H](CC(=O)O)NC(=O)c2cccc(-c3ccccc3F)n2)c1. The van der Waals surface area contributed by atoms with E-state index >= 15 is 0 Å². The molecule has 6 heteroatoms. The second-order valence-electron chi connectivity index (χ2n) is 6.43. The second-order valence-corrected chi connectivity index (χ2v) is 6.43. The predicted octanol–water partition coefficient (Wildman–Crippen LogP) is 4.14. The van der Waals surface area contributed by atoms with E-state index in [0.29, 0.717) is 11.3 Å². The summed E-state index contributed by atoms with van der Waals surface area (Å²) in [5.74, 6) is -1.98. The Balaban J connectivity index is 1.87. The number of carbonyl (C=O) groups excluding carboxylic acids is 1. The summed E-state index contributed by atoms with van der Waals surface area (Å²) in [5, 5.41) is 11.9. The number of hydrogen-bond acceptors (Lipinski definition) is 3. The molecule has 1 aromatic heterocycles. The molecule has 0 spiro atoms. The fourth-order valence-electron chi connectivity index (χ4n) is 2.93. The Hall–Kier alpha value is -3.54. The van der Waals surface area contributed by atoms with E-state index in [0.717, 1.165) is 5.56 Å². The van der Waals surface area contributed by atoms with E-state index in [-0.39, 0.29) is 17.7 Å². The van der Waals surface area contributed by atoms with Crippen LogP contribution < -0.4 is 5.32 Å². The van der Waals surface area contributed by atoms with Gasteiger partial charge < -0.3 is 10.4 Å². The molecule has 142 valence electrons. The van der Waals surface area contributed by atoms with Crippen molar-refractivity contribution in [2.24, 2.45) is 0 Å².